The molecule has 0 aromatic carbocycles. The Morgan fingerprint density at radius 3 is 2.95 bits per heavy atom. The van der Waals surface area contributed by atoms with Crippen molar-refractivity contribution in [2.24, 2.45) is 0 Å². The van der Waals surface area contributed by atoms with E-state index in [-0.39, 0.29) is 5.91 Å². The van der Waals surface area contributed by atoms with Gasteiger partial charge in [0.1, 0.15) is 11.4 Å². The summed E-state index contributed by atoms with van der Waals surface area (Å²) < 4.78 is 5.23. The number of aromatic nitrogens is 1. The van der Waals surface area contributed by atoms with E-state index in [1.807, 2.05) is 12.3 Å². The first-order valence-electron chi connectivity index (χ1n) is 7.13. The summed E-state index contributed by atoms with van der Waals surface area (Å²) in [4.78, 5) is 17.6. The smallest absolute Gasteiger partial charge is 0.225 e. The van der Waals surface area contributed by atoms with Gasteiger partial charge in [-0.15, -0.1) is 11.3 Å². The molecule has 0 radical (unpaired) electrons. The summed E-state index contributed by atoms with van der Waals surface area (Å²) in [6, 6.07) is 3.49. The molecular weight excluding hydrogens is 302 g/mol. The lowest BCUT2D eigenvalue weighted by Crippen LogP contribution is -2.34. The maximum Gasteiger partial charge on any atom is 0.225 e. The molecule has 120 valence electrons. The summed E-state index contributed by atoms with van der Waals surface area (Å²) in [5.74, 6) is 0.504. The van der Waals surface area contributed by atoms with Gasteiger partial charge in [-0.05, 0) is 26.0 Å². The van der Waals surface area contributed by atoms with Crippen LogP contribution < -0.4 is 10.2 Å². The number of anilines is 1. The number of rotatable bonds is 7. The second-order valence-corrected chi connectivity index (χ2v) is 6.08. The van der Waals surface area contributed by atoms with Crippen LogP contribution in [0.4, 0.5) is 5.13 Å². The fourth-order valence-corrected chi connectivity index (χ4v) is 3.03. The molecular formula is C15H21N3O3S. The molecule has 0 spiro atoms. The summed E-state index contributed by atoms with van der Waals surface area (Å²) in [6.07, 6.45) is 1.54. The summed E-state index contributed by atoms with van der Waals surface area (Å²) in [6.45, 7) is 6.61. The van der Waals surface area contributed by atoms with Crippen molar-refractivity contribution in [2.75, 3.05) is 18.0 Å². The number of nitrogens with one attached hydrogen (secondary N) is 1. The van der Waals surface area contributed by atoms with Crippen molar-refractivity contribution in [1.29, 1.82) is 0 Å². The van der Waals surface area contributed by atoms with Crippen molar-refractivity contribution in [3.63, 3.8) is 0 Å². The summed E-state index contributed by atoms with van der Waals surface area (Å²) in [7, 11) is 0. The lowest BCUT2D eigenvalue weighted by atomic mass is 10.0. The van der Waals surface area contributed by atoms with Crippen LogP contribution >= 0.6 is 11.3 Å². The zero-order valence-electron chi connectivity index (χ0n) is 13.0. The molecule has 22 heavy (non-hydrogen) atoms. The first-order chi connectivity index (χ1) is 10.4. The number of carbonyl (C=O) groups excluding carboxylic acids is 1. The number of aliphatic hydroxyl groups is 1. The average Bonchev–Trinajstić information content (AvgIpc) is 3.10. The summed E-state index contributed by atoms with van der Waals surface area (Å²) >= 11 is 1.44. The highest BCUT2D eigenvalue weighted by Gasteiger charge is 2.25. The van der Waals surface area contributed by atoms with Gasteiger partial charge >= 0.3 is 0 Å². The Morgan fingerprint density at radius 2 is 2.36 bits per heavy atom. The van der Waals surface area contributed by atoms with Gasteiger partial charge in [-0.25, -0.2) is 4.98 Å². The highest BCUT2D eigenvalue weighted by molar-refractivity contribution is 7.14. The third-order valence-corrected chi connectivity index (χ3v) is 4.21. The van der Waals surface area contributed by atoms with Crippen molar-refractivity contribution in [1.82, 2.24) is 10.3 Å². The van der Waals surface area contributed by atoms with Crippen molar-refractivity contribution in [3.05, 3.63) is 35.2 Å². The van der Waals surface area contributed by atoms with E-state index in [9.17, 15) is 9.90 Å². The third kappa shape index (κ3) is 3.94. The predicted octanol–water partition coefficient (Wildman–Crippen LogP) is 2.11. The second kappa shape index (κ2) is 7.04. The lowest BCUT2D eigenvalue weighted by molar-refractivity contribution is -0.116. The minimum Gasteiger partial charge on any atom is -0.466 e. The normalized spacial score (nSPS) is 13.8. The Hall–Kier alpha value is -1.70. The Bertz CT molecular complexity index is 607. The number of hydrogen-bond acceptors (Lipinski definition) is 6. The van der Waals surface area contributed by atoms with Crippen molar-refractivity contribution in [2.45, 2.75) is 32.9 Å². The topological polar surface area (TPSA) is 78.6 Å². The average molecular weight is 323 g/mol. The molecule has 1 unspecified atom stereocenters. The van der Waals surface area contributed by atoms with Crippen molar-refractivity contribution in [3.8, 4) is 0 Å². The van der Waals surface area contributed by atoms with Crippen LogP contribution in [0.2, 0.25) is 0 Å². The summed E-state index contributed by atoms with van der Waals surface area (Å²) in [5.41, 5.74) is -0.230. The predicted molar refractivity (Wildman–Crippen MR) is 85.8 cm³/mol. The van der Waals surface area contributed by atoms with Gasteiger partial charge in [-0.1, -0.05) is 0 Å². The molecule has 7 heteroatoms. The van der Waals surface area contributed by atoms with Gasteiger partial charge < -0.3 is 14.8 Å². The Kier molecular flexibility index (Phi) is 5.33. The maximum absolute atomic E-state index is 11.5. The molecule has 0 aliphatic rings. The second-order valence-electron chi connectivity index (χ2n) is 5.24. The molecule has 1 atom stereocenters. The molecule has 2 rings (SSSR count). The van der Waals surface area contributed by atoms with Gasteiger partial charge in [0.25, 0.3) is 0 Å². The van der Waals surface area contributed by atoms with Crippen LogP contribution in [-0.2, 0) is 16.9 Å². The quantitative estimate of drug-likeness (QED) is 0.816. The number of hydrogen-bond donors (Lipinski definition) is 2. The molecule has 0 aliphatic carbocycles. The van der Waals surface area contributed by atoms with Crippen molar-refractivity contribution < 1.29 is 14.3 Å². The third-order valence-electron chi connectivity index (χ3n) is 3.29. The maximum atomic E-state index is 11.5. The fraction of sp³-hybridized carbons (Fsp3) is 0.467. The van der Waals surface area contributed by atoms with E-state index in [4.69, 9.17) is 4.42 Å². The van der Waals surface area contributed by atoms with E-state index >= 15 is 0 Å². The minimum atomic E-state index is -1.07. The van der Waals surface area contributed by atoms with E-state index in [1.165, 1.54) is 24.5 Å². The first kappa shape index (κ1) is 16.7. The molecule has 2 heterocycles. The monoisotopic (exact) mass is 323 g/mol. The SMILES string of the molecule is CCN(C(C)=O)c1nc(CNCC(C)(O)c2ccco2)cs1. The van der Waals surface area contributed by atoms with Crippen molar-refractivity contribution >= 4 is 22.4 Å². The standard InChI is InChI=1S/C15H21N3O3S/c1-4-18(11(2)19)14-17-12(9-22-14)8-16-10-15(3,20)13-6-5-7-21-13/h5-7,9,16,20H,4,8,10H2,1-3H3. The lowest BCUT2D eigenvalue weighted by Gasteiger charge is -2.20. The number of amides is 1. The first-order valence-corrected chi connectivity index (χ1v) is 8.01. The zero-order valence-corrected chi connectivity index (χ0v) is 13.8. The van der Waals surface area contributed by atoms with Crippen LogP contribution in [0.25, 0.3) is 0 Å². The Balaban J connectivity index is 1.90. The highest BCUT2D eigenvalue weighted by atomic mass is 32.1. The van der Waals surface area contributed by atoms with Gasteiger partial charge in [0.05, 0.1) is 12.0 Å². The van der Waals surface area contributed by atoms with Gasteiger partial charge in [0.15, 0.2) is 5.13 Å². The largest absolute Gasteiger partial charge is 0.466 e. The number of thiazole rings is 1. The van der Waals surface area contributed by atoms with Gasteiger partial charge in [-0.2, -0.15) is 0 Å². The van der Waals surface area contributed by atoms with E-state index < -0.39 is 5.60 Å². The molecule has 6 nitrogen and oxygen atoms in total. The van der Waals surface area contributed by atoms with Crippen LogP contribution in [0.3, 0.4) is 0 Å². The molecule has 0 fully saturated rings. The fourth-order valence-electron chi connectivity index (χ4n) is 2.10. The van der Waals surface area contributed by atoms with Gasteiger partial charge in [0, 0.05) is 31.9 Å². The molecule has 0 saturated carbocycles. The van der Waals surface area contributed by atoms with E-state index in [0.29, 0.717) is 30.5 Å². The molecule has 2 aromatic rings. The van der Waals surface area contributed by atoms with Crippen LogP contribution in [0.1, 0.15) is 32.2 Å². The molecule has 0 aliphatic heterocycles. The molecule has 1 amide bonds. The van der Waals surface area contributed by atoms with Crippen LogP contribution in [-0.4, -0.2) is 29.1 Å². The van der Waals surface area contributed by atoms with Crippen LogP contribution in [0, 0.1) is 0 Å². The highest BCUT2D eigenvalue weighted by Crippen LogP contribution is 2.22. The van der Waals surface area contributed by atoms with E-state index in [1.54, 1.807) is 24.0 Å². The molecule has 0 bridgehead atoms. The molecule has 2 N–H and O–H groups in total. The van der Waals surface area contributed by atoms with Gasteiger partial charge in [0.2, 0.25) is 5.91 Å². The molecule has 0 saturated heterocycles. The van der Waals surface area contributed by atoms with Crippen LogP contribution in [0.5, 0.6) is 0 Å². The number of furan rings is 1. The van der Waals surface area contributed by atoms with E-state index in [0.717, 1.165) is 5.69 Å². The Labute approximate surface area is 133 Å². The Morgan fingerprint density at radius 1 is 1.59 bits per heavy atom. The number of carbonyl (C=O) groups is 1. The minimum absolute atomic E-state index is 0.0166. The summed E-state index contributed by atoms with van der Waals surface area (Å²) in [5, 5.41) is 16.1. The van der Waals surface area contributed by atoms with Gasteiger partial charge in [-0.3, -0.25) is 9.69 Å². The zero-order chi connectivity index (χ0) is 16.2. The molecule has 2 aromatic heterocycles. The number of nitrogens with zero attached hydrogens (tertiary/aromatic N) is 2. The van der Waals surface area contributed by atoms with Crippen LogP contribution in [0.15, 0.2) is 28.2 Å². The van der Waals surface area contributed by atoms with E-state index in [2.05, 4.69) is 10.3 Å².